The number of rotatable bonds is 12. The summed E-state index contributed by atoms with van der Waals surface area (Å²) >= 11 is 0. The van der Waals surface area contributed by atoms with Crippen LogP contribution in [0.1, 0.15) is 69.9 Å². The molecule has 0 saturated heterocycles. The third-order valence-electron chi connectivity index (χ3n) is 4.09. The zero-order valence-electron chi connectivity index (χ0n) is 15.0. The van der Waals surface area contributed by atoms with Crippen molar-refractivity contribution < 1.29 is 14.0 Å². The molecule has 1 aromatic carbocycles. The van der Waals surface area contributed by atoms with Gasteiger partial charge in [-0.1, -0.05) is 63.6 Å². The molecule has 0 aliphatic rings. The van der Waals surface area contributed by atoms with Crippen LogP contribution < -0.4 is 16.4 Å². The minimum absolute atomic E-state index is 0.0413. The summed E-state index contributed by atoms with van der Waals surface area (Å²) in [6.07, 6.45) is 8.16. The second-order valence-electron chi connectivity index (χ2n) is 6.26. The molecule has 0 aromatic heterocycles. The van der Waals surface area contributed by atoms with Crippen LogP contribution in [-0.2, 0) is 4.79 Å². The second kappa shape index (κ2) is 12.3. The number of carbonyl (C=O) groups excluding carboxylic acids is 2. The van der Waals surface area contributed by atoms with E-state index in [0.717, 1.165) is 12.8 Å². The molecule has 5 nitrogen and oxygen atoms in total. The van der Waals surface area contributed by atoms with E-state index >= 15 is 0 Å². The highest BCUT2D eigenvalue weighted by Gasteiger charge is 2.20. The molecule has 25 heavy (non-hydrogen) atoms. The van der Waals surface area contributed by atoms with Gasteiger partial charge in [0.15, 0.2) is 0 Å². The van der Waals surface area contributed by atoms with Gasteiger partial charge in [-0.15, -0.1) is 0 Å². The Morgan fingerprint density at radius 2 is 1.72 bits per heavy atom. The van der Waals surface area contributed by atoms with E-state index in [2.05, 4.69) is 17.6 Å². The van der Waals surface area contributed by atoms with Gasteiger partial charge in [0.1, 0.15) is 5.82 Å². The van der Waals surface area contributed by atoms with Crippen molar-refractivity contribution in [3.63, 3.8) is 0 Å². The van der Waals surface area contributed by atoms with Gasteiger partial charge in [0.05, 0.1) is 12.5 Å². The van der Waals surface area contributed by atoms with Gasteiger partial charge < -0.3 is 16.4 Å². The lowest BCUT2D eigenvalue weighted by atomic mass is 10.0. The number of benzene rings is 1. The molecule has 6 heteroatoms. The highest BCUT2D eigenvalue weighted by molar-refractivity contribution is 5.78. The van der Waals surface area contributed by atoms with Crippen LogP contribution in [0.5, 0.6) is 0 Å². The highest BCUT2D eigenvalue weighted by Crippen LogP contribution is 2.20. The largest absolute Gasteiger partial charge is 0.356 e. The summed E-state index contributed by atoms with van der Waals surface area (Å²) in [6.45, 7) is 2.78. The van der Waals surface area contributed by atoms with Crippen molar-refractivity contribution in [2.24, 2.45) is 5.73 Å². The first kappa shape index (κ1) is 20.9. The molecule has 1 atom stereocenters. The van der Waals surface area contributed by atoms with Crippen LogP contribution in [0.2, 0.25) is 0 Å². The standard InChI is InChI=1S/C19H30FN3O2/c1-2-3-4-5-6-7-10-13-22-18(24)14-17(23-19(21)25)15-11-8-9-12-16(15)20/h8-9,11-12,17H,2-7,10,13-14H2,1H3,(H,22,24)(H3,21,23,25). The van der Waals surface area contributed by atoms with Gasteiger partial charge >= 0.3 is 6.03 Å². The van der Waals surface area contributed by atoms with Crippen molar-refractivity contribution in [1.82, 2.24) is 10.6 Å². The maximum atomic E-state index is 13.9. The van der Waals surface area contributed by atoms with Crippen LogP contribution in [0.4, 0.5) is 9.18 Å². The Morgan fingerprint density at radius 3 is 2.36 bits per heavy atom. The van der Waals surface area contributed by atoms with E-state index < -0.39 is 17.9 Å². The number of nitrogens with two attached hydrogens (primary N) is 1. The first-order valence-corrected chi connectivity index (χ1v) is 9.11. The van der Waals surface area contributed by atoms with E-state index in [9.17, 15) is 14.0 Å². The number of hydrogen-bond acceptors (Lipinski definition) is 2. The summed E-state index contributed by atoms with van der Waals surface area (Å²) in [7, 11) is 0. The number of halogens is 1. The van der Waals surface area contributed by atoms with Crippen molar-refractivity contribution >= 4 is 11.9 Å². The lowest BCUT2D eigenvalue weighted by Crippen LogP contribution is -2.37. The number of urea groups is 1. The molecule has 1 aromatic rings. The van der Waals surface area contributed by atoms with Gasteiger partial charge in [0, 0.05) is 12.1 Å². The lowest BCUT2D eigenvalue weighted by Gasteiger charge is -2.18. The molecule has 1 unspecified atom stereocenters. The molecule has 0 fully saturated rings. The predicted octanol–water partition coefficient (Wildman–Crippen LogP) is 3.79. The summed E-state index contributed by atoms with van der Waals surface area (Å²) in [5, 5.41) is 5.26. The van der Waals surface area contributed by atoms with Crippen LogP contribution in [0, 0.1) is 5.82 Å². The van der Waals surface area contributed by atoms with Crippen molar-refractivity contribution in [3.05, 3.63) is 35.6 Å². The lowest BCUT2D eigenvalue weighted by molar-refractivity contribution is -0.121. The van der Waals surface area contributed by atoms with E-state index in [4.69, 9.17) is 5.73 Å². The van der Waals surface area contributed by atoms with Gasteiger partial charge in [-0.2, -0.15) is 0 Å². The van der Waals surface area contributed by atoms with Crippen LogP contribution in [-0.4, -0.2) is 18.5 Å². The number of carbonyl (C=O) groups is 2. The Hall–Kier alpha value is -2.11. The van der Waals surface area contributed by atoms with Crippen LogP contribution in [0.3, 0.4) is 0 Å². The zero-order chi connectivity index (χ0) is 18.5. The van der Waals surface area contributed by atoms with E-state index in [1.54, 1.807) is 18.2 Å². The van der Waals surface area contributed by atoms with Crippen LogP contribution in [0.25, 0.3) is 0 Å². The molecule has 0 aliphatic carbocycles. The molecule has 1 rings (SSSR count). The molecule has 3 amide bonds. The fourth-order valence-corrected chi connectivity index (χ4v) is 2.74. The number of amides is 3. The van der Waals surface area contributed by atoms with E-state index in [1.807, 2.05) is 0 Å². The molecule has 0 saturated carbocycles. The molecule has 4 N–H and O–H groups in total. The average Bonchev–Trinajstić information content (AvgIpc) is 2.56. The molecular weight excluding hydrogens is 321 g/mol. The molecule has 0 spiro atoms. The number of primary amides is 1. The van der Waals surface area contributed by atoms with E-state index in [-0.39, 0.29) is 17.9 Å². The maximum Gasteiger partial charge on any atom is 0.312 e. The van der Waals surface area contributed by atoms with Gasteiger partial charge in [-0.25, -0.2) is 9.18 Å². The Labute approximate surface area is 149 Å². The number of hydrogen-bond donors (Lipinski definition) is 3. The van der Waals surface area contributed by atoms with Gasteiger partial charge in [-0.05, 0) is 12.5 Å². The number of unbranched alkanes of at least 4 members (excludes halogenated alkanes) is 6. The van der Waals surface area contributed by atoms with Crippen molar-refractivity contribution in [3.8, 4) is 0 Å². The molecule has 0 radical (unpaired) electrons. The molecule has 0 heterocycles. The Morgan fingerprint density at radius 1 is 1.08 bits per heavy atom. The monoisotopic (exact) mass is 351 g/mol. The Kier molecular flexibility index (Phi) is 10.3. The molecular formula is C19H30FN3O2. The SMILES string of the molecule is CCCCCCCCCNC(=O)CC(NC(N)=O)c1ccccc1F. The summed E-state index contributed by atoms with van der Waals surface area (Å²) in [5.74, 6) is -0.700. The fraction of sp³-hybridized carbons (Fsp3) is 0.579. The first-order valence-electron chi connectivity index (χ1n) is 9.11. The normalized spacial score (nSPS) is 11.8. The summed E-state index contributed by atoms with van der Waals surface area (Å²) < 4.78 is 13.9. The predicted molar refractivity (Wildman–Crippen MR) is 97.5 cm³/mol. The maximum absolute atomic E-state index is 13.9. The molecule has 140 valence electrons. The molecule has 0 bridgehead atoms. The first-order chi connectivity index (χ1) is 12.0. The quantitative estimate of drug-likeness (QED) is 0.501. The average molecular weight is 351 g/mol. The summed E-state index contributed by atoms with van der Waals surface area (Å²) in [4.78, 5) is 23.2. The van der Waals surface area contributed by atoms with Crippen molar-refractivity contribution in [2.45, 2.75) is 64.3 Å². The topological polar surface area (TPSA) is 84.2 Å². The van der Waals surface area contributed by atoms with Crippen molar-refractivity contribution in [1.29, 1.82) is 0 Å². The fourth-order valence-electron chi connectivity index (χ4n) is 2.74. The van der Waals surface area contributed by atoms with Gasteiger partial charge in [-0.3, -0.25) is 4.79 Å². The zero-order valence-corrected chi connectivity index (χ0v) is 15.0. The summed E-state index contributed by atoms with van der Waals surface area (Å²) in [6, 6.07) is 4.49. The second-order valence-corrected chi connectivity index (χ2v) is 6.26. The Bertz CT molecular complexity index is 537. The van der Waals surface area contributed by atoms with Crippen LogP contribution >= 0.6 is 0 Å². The van der Waals surface area contributed by atoms with Crippen molar-refractivity contribution in [2.75, 3.05) is 6.54 Å². The number of nitrogens with one attached hydrogen (secondary N) is 2. The highest BCUT2D eigenvalue weighted by atomic mass is 19.1. The Balaban J connectivity index is 2.36. The minimum atomic E-state index is -0.784. The third-order valence-corrected chi connectivity index (χ3v) is 4.09. The third kappa shape index (κ3) is 9.08. The summed E-state index contributed by atoms with van der Waals surface area (Å²) in [5.41, 5.74) is 5.40. The van der Waals surface area contributed by atoms with Gasteiger partial charge in [0.2, 0.25) is 5.91 Å². The van der Waals surface area contributed by atoms with E-state index in [0.29, 0.717) is 6.54 Å². The van der Waals surface area contributed by atoms with Crippen LogP contribution in [0.15, 0.2) is 24.3 Å². The smallest absolute Gasteiger partial charge is 0.312 e. The van der Waals surface area contributed by atoms with Gasteiger partial charge in [0.25, 0.3) is 0 Å². The molecule has 0 aliphatic heterocycles. The minimum Gasteiger partial charge on any atom is -0.356 e. The van der Waals surface area contributed by atoms with E-state index in [1.165, 1.54) is 38.2 Å².